The SMILES string of the molecule is CCCCC/C=C\C[C@@H](O)/C=C/C=C/C=C\[C@@H](O)CC(C)CC(=O)O. The van der Waals surface area contributed by atoms with E-state index >= 15 is 0 Å². The van der Waals surface area contributed by atoms with Crippen molar-refractivity contribution in [1.82, 2.24) is 0 Å². The van der Waals surface area contributed by atoms with Gasteiger partial charge in [-0.25, -0.2) is 0 Å². The molecule has 0 aliphatic rings. The molecule has 0 aromatic carbocycles. The summed E-state index contributed by atoms with van der Waals surface area (Å²) < 4.78 is 0. The Kier molecular flexibility index (Phi) is 14.8. The van der Waals surface area contributed by atoms with Crippen LogP contribution in [0.3, 0.4) is 0 Å². The van der Waals surface area contributed by atoms with E-state index in [0.717, 1.165) is 6.42 Å². The lowest BCUT2D eigenvalue weighted by Gasteiger charge is -2.10. The van der Waals surface area contributed by atoms with Crippen LogP contribution < -0.4 is 0 Å². The number of carboxylic acids is 1. The molecule has 25 heavy (non-hydrogen) atoms. The third kappa shape index (κ3) is 17.0. The lowest BCUT2D eigenvalue weighted by atomic mass is 10.00. The summed E-state index contributed by atoms with van der Waals surface area (Å²) in [7, 11) is 0. The smallest absolute Gasteiger partial charge is 0.303 e. The van der Waals surface area contributed by atoms with Gasteiger partial charge in [-0.3, -0.25) is 4.79 Å². The highest BCUT2D eigenvalue weighted by Gasteiger charge is 2.10. The summed E-state index contributed by atoms with van der Waals surface area (Å²) in [5, 5.41) is 28.2. The largest absolute Gasteiger partial charge is 0.481 e. The fourth-order valence-corrected chi connectivity index (χ4v) is 2.33. The molecular formula is C21H34O4. The van der Waals surface area contributed by atoms with Crippen molar-refractivity contribution in [2.24, 2.45) is 5.92 Å². The van der Waals surface area contributed by atoms with E-state index in [2.05, 4.69) is 13.0 Å². The average Bonchev–Trinajstić information content (AvgIpc) is 2.53. The van der Waals surface area contributed by atoms with Gasteiger partial charge in [-0.2, -0.15) is 0 Å². The molecule has 1 unspecified atom stereocenters. The zero-order chi connectivity index (χ0) is 18.9. The van der Waals surface area contributed by atoms with Gasteiger partial charge in [0.2, 0.25) is 0 Å². The van der Waals surface area contributed by atoms with Crippen molar-refractivity contribution in [2.45, 2.75) is 71.0 Å². The molecule has 0 saturated carbocycles. The number of aliphatic hydroxyl groups excluding tert-OH is 2. The van der Waals surface area contributed by atoms with E-state index in [-0.39, 0.29) is 12.3 Å². The quantitative estimate of drug-likeness (QED) is 0.246. The van der Waals surface area contributed by atoms with E-state index in [0.29, 0.717) is 12.8 Å². The topological polar surface area (TPSA) is 77.8 Å². The maximum atomic E-state index is 10.6. The fraction of sp³-hybridized carbons (Fsp3) is 0.571. The second-order valence-electron chi connectivity index (χ2n) is 6.43. The molecule has 3 atom stereocenters. The van der Waals surface area contributed by atoms with Crippen molar-refractivity contribution >= 4 is 5.97 Å². The highest BCUT2D eigenvalue weighted by Crippen LogP contribution is 2.11. The van der Waals surface area contributed by atoms with Gasteiger partial charge in [0.15, 0.2) is 0 Å². The number of carbonyl (C=O) groups is 1. The lowest BCUT2D eigenvalue weighted by molar-refractivity contribution is -0.138. The molecule has 3 N–H and O–H groups in total. The standard InChI is InChI=1S/C21H34O4/c1-3-4-5-6-7-10-13-19(22)14-11-8-9-12-15-20(23)16-18(2)17-21(24)25/h7-12,14-15,18-20,22-23H,3-6,13,16-17H2,1-2H3,(H,24,25)/b9-8+,10-7-,14-11+,15-12-/t18?,19-,20-/m1/s1. The van der Waals surface area contributed by atoms with Gasteiger partial charge in [0.25, 0.3) is 0 Å². The summed E-state index contributed by atoms with van der Waals surface area (Å²) in [5.74, 6) is -0.908. The van der Waals surface area contributed by atoms with Crippen molar-refractivity contribution in [3.05, 3.63) is 48.6 Å². The van der Waals surface area contributed by atoms with Gasteiger partial charge >= 0.3 is 5.97 Å². The molecule has 0 aliphatic heterocycles. The van der Waals surface area contributed by atoms with Crippen LogP contribution >= 0.6 is 0 Å². The van der Waals surface area contributed by atoms with Crippen LogP contribution in [0.1, 0.15) is 58.8 Å². The molecule has 0 aromatic heterocycles. The minimum Gasteiger partial charge on any atom is -0.481 e. The average molecular weight is 350 g/mol. The number of hydrogen-bond acceptors (Lipinski definition) is 3. The minimum absolute atomic E-state index is 0.0637. The van der Waals surface area contributed by atoms with E-state index in [1.807, 2.05) is 13.0 Å². The Balaban J connectivity index is 3.93. The van der Waals surface area contributed by atoms with Gasteiger partial charge in [0, 0.05) is 6.42 Å². The summed E-state index contributed by atoms with van der Waals surface area (Å²) >= 11 is 0. The number of allylic oxidation sites excluding steroid dienone is 5. The predicted octanol–water partition coefficient (Wildman–Crippen LogP) is 4.40. The van der Waals surface area contributed by atoms with Crippen molar-refractivity contribution in [1.29, 1.82) is 0 Å². The third-order valence-electron chi connectivity index (χ3n) is 3.69. The molecule has 0 aromatic rings. The maximum absolute atomic E-state index is 10.6. The molecular weight excluding hydrogens is 316 g/mol. The van der Waals surface area contributed by atoms with E-state index in [1.165, 1.54) is 19.3 Å². The summed E-state index contributed by atoms with van der Waals surface area (Å²) in [6.07, 6.45) is 19.3. The summed E-state index contributed by atoms with van der Waals surface area (Å²) in [6.45, 7) is 3.99. The Bertz CT molecular complexity index is 449. The van der Waals surface area contributed by atoms with E-state index in [9.17, 15) is 15.0 Å². The first kappa shape index (κ1) is 23.4. The molecule has 0 heterocycles. The van der Waals surface area contributed by atoms with Crippen LogP contribution in [0.5, 0.6) is 0 Å². The van der Waals surface area contributed by atoms with Gasteiger partial charge in [0.05, 0.1) is 12.2 Å². The molecule has 142 valence electrons. The first-order valence-electron chi connectivity index (χ1n) is 9.20. The Hall–Kier alpha value is -1.65. The van der Waals surface area contributed by atoms with Crippen LogP contribution in [0.25, 0.3) is 0 Å². The number of unbranched alkanes of at least 4 members (excludes halogenated alkanes) is 3. The van der Waals surface area contributed by atoms with Crippen LogP contribution in [0.2, 0.25) is 0 Å². The maximum Gasteiger partial charge on any atom is 0.303 e. The Morgan fingerprint density at radius 3 is 2.20 bits per heavy atom. The molecule has 0 aliphatic carbocycles. The number of rotatable bonds is 14. The van der Waals surface area contributed by atoms with Gasteiger partial charge in [-0.15, -0.1) is 0 Å². The number of aliphatic hydroxyl groups is 2. The first-order chi connectivity index (χ1) is 12.0. The molecule has 0 amide bonds. The molecule has 4 heteroatoms. The first-order valence-corrected chi connectivity index (χ1v) is 9.20. The highest BCUT2D eigenvalue weighted by molar-refractivity contribution is 5.66. The molecule has 0 radical (unpaired) electrons. The molecule has 4 nitrogen and oxygen atoms in total. The predicted molar refractivity (Wildman–Crippen MR) is 103 cm³/mol. The van der Waals surface area contributed by atoms with Crippen LogP contribution in [0, 0.1) is 5.92 Å². The third-order valence-corrected chi connectivity index (χ3v) is 3.69. The van der Waals surface area contributed by atoms with Crippen LogP contribution in [0.15, 0.2) is 48.6 Å². The summed E-state index contributed by atoms with van der Waals surface area (Å²) in [6, 6.07) is 0. The number of aliphatic carboxylic acids is 1. The second kappa shape index (κ2) is 15.9. The highest BCUT2D eigenvalue weighted by atomic mass is 16.4. The monoisotopic (exact) mass is 350 g/mol. The minimum atomic E-state index is -0.844. The van der Waals surface area contributed by atoms with Crippen LogP contribution in [-0.2, 0) is 4.79 Å². The van der Waals surface area contributed by atoms with Gasteiger partial charge in [-0.1, -0.05) is 75.3 Å². The van der Waals surface area contributed by atoms with Gasteiger partial charge in [-0.05, 0) is 31.6 Å². The molecule has 0 rings (SSSR count). The number of carboxylic acid groups (broad SMARTS) is 1. The summed E-state index contributed by atoms with van der Waals surface area (Å²) in [4.78, 5) is 10.6. The van der Waals surface area contributed by atoms with Crippen LogP contribution in [-0.4, -0.2) is 33.5 Å². The van der Waals surface area contributed by atoms with E-state index in [4.69, 9.17) is 5.11 Å². The van der Waals surface area contributed by atoms with E-state index < -0.39 is 18.2 Å². The number of hydrogen-bond donors (Lipinski definition) is 3. The van der Waals surface area contributed by atoms with Crippen molar-refractivity contribution in [3.63, 3.8) is 0 Å². The second-order valence-corrected chi connectivity index (χ2v) is 6.43. The van der Waals surface area contributed by atoms with Crippen LogP contribution in [0.4, 0.5) is 0 Å². The molecule has 0 spiro atoms. The van der Waals surface area contributed by atoms with Gasteiger partial charge in [0.1, 0.15) is 0 Å². The Morgan fingerprint density at radius 1 is 0.960 bits per heavy atom. The fourth-order valence-electron chi connectivity index (χ4n) is 2.33. The Labute approximate surface area is 152 Å². The van der Waals surface area contributed by atoms with Gasteiger partial charge < -0.3 is 15.3 Å². The van der Waals surface area contributed by atoms with Crippen molar-refractivity contribution in [2.75, 3.05) is 0 Å². The molecule has 0 fully saturated rings. The summed E-state index contributed by atoms with van der Waals surface area (Å²) in [5.41, 5.74) is 0. The molecule has 0 saturated heterocycles. The lowest BCUT2D eigenvalue weighted by Crippen LogP contribution is -2.12. The van der Waals surface area contributed by atoms with Crippen molar-refractivity contribution in [3.8, 4) is 0 Å². The van der Waals surface area contributed by atoms with Crippen molar-refractivity contribution < 1.29 is 20.1 Å². The zero-order valence-corrected chi connectivity index (χ0v) is 15.6. The normalized spacial score (nSPS) is 16.3. The molecule has 0 bridgehead atoms. The zero-order valence-electron chi connectivity index (χ0n) is 15.6. The van der Waals surface area contributed by atoms with E-state index in [1.54, 1.807) is 36.5 Å². The Morgan fingerprint density at radius 2 is 1.60 bits per heavy atom.